The summed E-state index contributed by atoms with van der Waals surface area (Å²) in [6, 6.07) is 3.51. The van der Waals surface area contributed by atoms with Gasteiger partial charge in [0, 0.05) is 11.1 Å². The number of hydrogen-bond donors (Lipinski definition) is 2. The largest absolute Gasteiger partial charge is 0.411 e. The molecular weight excluding hydrogens is 360 g/mol. The number of rotatable bonds is 2. The summed E-state index contributed by atoms with van der Waals surface area (Å²) >= 11 is 0. The zero-order chi connectivity index (χ0) is 19.2. The Hall–Kier alpha value is -2.52. The molecule has 0 saturated carbocycles. The minimum atomic E-state index is -6.14. The second-order valence-electron chi connectivity index (χ2n) is 5.16. The molecule has 0 atom stereocenters. The molecule has 0 fully saturated rings. The van der Waals surface area contributed by atoms with E-state index in [-0.39, 0.29) is 12.1 Å². The van der Waals surface area contributed by atoms with Crippen molar-refractivity contribution in [3.05, 3.63) is 59.2 Å². The van der Waals surface area contributed by atoms with Crippen molar-refractivity contribution >= 4 is 11.4 Å². The predicted octanol–water partition coefficient (Wildman–Crippen LogP) is 4.54. The SMILES string of the molecule is Nc1cccc(C(c2cccc(N)c2F)(C(F)(F)F)C(F)(F)F)c1F. The van der Waals surface area contributed by atoms with Crippen LogP contribution in [0.25, 0.3) is 0 Å². The van der Waals surface area contributed by atoms with E-state index in [9.17, 15) is 35.1 Å². The van der Waals surface area contributed by atoms with Crippen LogP contribution in [-0.4, -0.2) is 12.4 Å². The highest BCUT2D eigenvalue weighted by Crippen LogP contribution is 2.57. The third kappa shape index (κ3) is 2.65. The van der Waals surface area contributed by atoms with E-state index in [2.05, 4.69) is 0 Å². The van der Waals surface area contributed by atoms with Crippen LogP contribution >= 0.6 is 0 Å². The van der Waals surface area contributed by atoms with Crippen LogP contribution in [0.3, 0.4) is 0 Å². The molecule has 0 bridgehead atoms. The monoisotopic (exact) mass is 370 g/mol. The number of halogens is 8. The molecule has 10 heteroatoms. The highest BCUT2D eigenvalue weighted by Gasteiger charge is 2.74. The molecular formula is C15H10F8N2. The molecule has 2 aromatic rings. The van der Waals surface area contributed by atoms with E-state index >= 15 is 0 Å². The minimum Gasteiger partial charge on any atom is -0.396 e. The normalized spacial score (nSPS) is 13.1. The number of nitrogens with two attached hydrogens (primary N) is 2. The average molecular weight is 370 g/mol. The van der Waals surface area contributed by atoms with Gasteiger partial charge >= 0.3 is 12.4 Å². The Kier molecular flexibility index (Phi) is 4.35. The van der Waals surface area contributed by atoms with Gasteiger partial charge in [-0.2, -0.15) is 26.3 Å². The van der Waals surface area contributed by atoms with Crippen molar-refractivity contribution in [1.82, 2.24) is 0 Å². The van der Waals surface area contributed by atoms with E-state index in [1.807, 2.05) is 0 Å². The molecule has 0 heterocycles. The summed E-state index contributed by atoms with van der Waals surface area (Å²) in [5.74, 6) is -3.89. The van der Waals surface area contributed by atoms with Crippen molar-refractivity contribution in [2.45, 2.75) is 17.8 Å². The average Bonchev–Trinajstić information content (AvgIpc) is 2.45. The molecule has 4 N–H and O–H groups in total. The van der Waals surface area contributed by atoms with Crippen LogP contribution in [0.4, 0.5) is 46.5 Å². The van der Waals surface area contributed by atoms with Crippen LogP contribution in [0, 0.1) is 11.6 Å². The summed E-state index contributed by atoms with van der Waals surface area (Å²) in [5, 5.41) is 0. The molecule has 0 radical (unpaired) electrons. The molecule has 0 aliphatic rings. The lowest BCUT2D eigenvalue weighted by Crippen LogP contribution is -2.55. The summed E-state index contributed by atoms with van der Waals surface area (Å²) in [4.78, 5) is 0. The van der Waals surface area contributed by atoms with E-state index in [1.54, 1.807) is 0 Å². The molecule has 0 amide bonds. The van der Waals surface area contributed by atoms with E-state index in [0.29, 0.717) is 12.1 Å². The maximum atomic E-state index is 14.2. The fraction of sp³-hybridized carbons (Fsp3) is 0.200. The van der Waals surface area contributed by atoms with Gasteiger partial charge in [-0.1, -0.05) is 24.3 Å². The molecule has 2 aromatic carbocycles. The summed E-state index contributed by atoms with van der Waals surface area (Å²) in [6.45, 7) is 0. The van der Waals surface area contributed by atoms with Crippen LogP contribution in [-0.2, 0) is 5.41 Å². The van der Waals surface area contributed by atoms with Gasteiger partial charge in [0.25, 0.3) is 0 Å². The lowest BCUT2D eigenvalue weighted by Gasteiger charge is -2.38. The Balaban J connectivity index is 3.09. The number of benzene rings is 2. The molecule has 2 rings (SSSR count). The van der Waals surface area contributed by atoms with Gasteiger partial charge in [0.05, 0.1) is 11.4 Å². The first kappa shape index (κ1) is 18.8. The predicted molar refractivity (Wildman–Crippen MR) is 74.5 cm³/mol. The molecule has 0 saturated heterocycles. The molecule has 25 heavy (non-hydrogen) atoms. The van der Waals surface area contributed by atoms with Crippen molar-refractivity contribution in [2.75, 3.05) is 11.5 Å². The summed E-state index contributed by atoms with van der Waals surface area (Å²) < 4.78 is 111. The first-order valence-corrected chi connectivity index (χ1v) is 6.58. The standard InChI is InChI=1S/C15H10F8N2/c16-11-7(3-1-5-9(11)24)13(14(18,19)20,15(21,22)23)8-4-2-6-10(25)12(8)17/h1-6H,24-25H2. The van der Waals surface area contributed by atoms with Gasteiger partial charge in [-0.05, 0) is 12.1 Å². The zero-order valence-electron chi connectivity index (χ0n) is 12.1. The molecule has 0 aliphatic heterocycles. The maximum absolute atomic E-state index is 14.2. The zero-order valence-corrected chi connectivity index (χ0v) is 12.1. The van der Waals surface area contributed by atoms with Crippen molar-refractivity contribution in [2.24, 2.45) is 0 Å². The topological polar surface area (TPSA) is 52.0 Å². The third-order valence-electron chi connectivity index (χ3n) is 3.72. The first-order valence-electron chi connectivity index (χ1n) is 6.58. The van der Waals surface area contributed by atoms with Gasteiger partial charge in [0.2, 0.25) is 5.41 Å². The summed E-state index contributed by atoms with van der Waals surface area (Å²) in [5.41, 5.74) is -0.361. The first-order chi connectivity index (χ1) is 11.4. The van der Waals surface area contributed by atoms with Gasteiger partial charge in [0.15, 0.2) is 11.6 Å². The Bertz CT molecular complexity index is 728. The van der Waals surface area contributed by atoms with E-state index < -0.39 is 51.9 Å². The van der Waals surface area contributed by atoms with Gasteiger partial charge in [0.1, 0.15) is 0 Å². The molecule has 0 aromatic heterocycles. The summed E-state index contributed by atoms with van der Waals surface area (Å²) in [7, 11) is 0. The van der Waals surface area contributed by atoms with E-state index in [0.717, 1.165) is 12.1 Å². The maximum Gasteiger partial charge on any atom is 0.411 e. The van der Waals surface area contributed by atoms with Crippen LogP contribution in [0.1, 0.15) is 11.1 Å². The Labute approximate surface area is 136 Å². The van der Waals surface area contributed by atoms with Gasteiger partial charge < -0.3 is 11.5 Å². The Morgan fingerprint density at radius 1 is 0.600 bits per heavy atom. The number of nitrogen functional groups attached to an aromatic ring is 2. The fourth-order valence-corrected chi connectivity index (χ4v) is 2.60. The highest BCUT2D eigenvalue weighted by molar-refractivity contribution is 5.55. The van der Waals surface area contributed by atoms with Crippen molar-refractivity contribution in [3.63, 3.8) is 0 Å². The lowest BCUT2D eigenvalue weighted by molar-refractivity contribution is -0.290. The number of hydrogen-bond acceptors (Lipinski definition) is 2. The molecule has 0 spiro atoms. The van der Waals surface area contributed by atoms with Crippen molar-refractivity contribution in [1.29, 1.82) is 0 Å². The number of anilines is 2. The van der Waals surface area contributed by atoms with Crippen LogP contribution < -0.4 is 11.5 Å². The van der Waals surface area contributed by atoms with Crippen molar-refractivity contribution in [3.8, 4) is 0 Å². The minimum absolute atomic E-state index is 0.259. The van der Waals surface area contributed by atoms with Crippen LogP contribution in [0.2, 0.25) is 0 Å². The van der Waals surface area contributed by atoms with Gasteiger partial charge in [-0.15, -0.1) is 0 Å². The van der Waals surface area contributed by atoms with E-state index in [4.69, 9.17) is 11.5 Å². The number of alkyl halides is 6. The van der Waals surface area contributed by atoms with Crippen LogP contribution in [0.15, 0.2) is 36.4 Å². The fourth-order valence-electron chi connectivity index (χ4n) is 2.60. The molecule has 0 unspecified atom stereocenters. The Morgan fingerprint density at radius 3 is 1.20 bits per heavy atom. The second kappa shape index (κ2) is 5.78. The lowest BCUT2D eigenvalue weighted by atomic mass is 9.72. The van der Waals surface area contributed by atoms with E-state index in [1.165, 1.54) is 0 Å². The Morgan fingerprint density at radius 2 is 0.920 bits per heavy atom. The molecule has 2 nitrogen and oxygen atoms in total. The quantitative estimate of drug-likeness (QED) is 0.602. The van der Waals surface area contributed by atoms with Crippen LogP contribution in [0.5, 0.6) is 0 Å². The summed E-state index contributed by atoms with van der Waals surface area (Å²) in [6.07, 6.45) is -12.3. The van der Waals surface area contributed by atoms with Crippen molar-refractivity contribution < 1.29 is 35.1 Å². The smallest absolute Gasteiger partial charge is 0.396 e. The highest BCUT2D eigenvalue weighted by atomic mass is 19.4. The second-order valence-corrected chi connectivity index (χ2v) is 5.16. The third-order valence-corrected chi connectivity index (χ3v) is 3.72. The van der Waals surface area contributed by atoms with Gasteiger partial charge in [-0.3, -0.25) is 0 Å². The van der Waals surface area contributed by atoms with Gasteiger partial charge in [-0.25, -0.2) is 8.78 Å². The molecule has 0 aliphatic carbocycles. The molecule has 136 valence electrons.